The molecule has 0 aromatic heterocycles. The second-order valence-corrected chi connectivity index (χ2v) is 6.66. The van der Waals surface area contributed by atoms with Crippen molar-refractivity contribution in [1.82, 2.24) is 4.90 Å². The minimum Gasteiger partial charge on any atom is -0.342 e. The average Bonchev–Trinajstić information content (AvgIpc) is 2.25. The van der Waals surface area contributed by atoms with Gasteiger partial charge in [0.2, 0.25) is 5.91 Å². The van der Waals surface area contributed by atoms with Crippen molar-refractivity contribution in [2.24, 2.45) is 17.1 Å². The Kier molecular flexibility index (Phi) is 7.23. The number of carbonyl (C=O) groups is 1. The number of amides is 1. The van der Waals surface area contributed by atoms with Gasteiger partial charge in [-0.1, -0.05) is 20.8 Å². The molecule has 3 nitrogen and oxygen atoms in total. The van der Waals surface area contributed by atoms with Gasteiger partial charge in [-0.25, -0.2) is 0 Å². The standard InChI is InChI=1S/C14H28N2O.ClH/c1-11(15)12-6-5-9-16(10-12)13(17)7-8-14(2,3)4;/h11-12H,5-10,15H2,1-4H3;1H. The van der Waals surface area contributed by atoms with E-state index in [0.717, 1.165) is 25.9 Å². The fraction of sp³-hybridized carbons (Fsp3) is 0.929. The van der Waals surface area contributed by atoms with Crippen molar-refractivity contribution in [2.45, 2.75) is 59.4 Å². The number of piperidine rings is 1. The Morgan fingerprint density at radius 3 is 2.56 bits per heavy atom. The molecule has 1 fully saturated rings. The summed E-state index contributed by atoms with van der Waals surface area (Å²) in [4.78, 5) is 14.1. The lowest BCUT2D eigenvalue weighted by Crippen LogP contribution is -2.45. The number of hydrogen-bond donors (Lipinski definition) is 1. The van der Waals surface area contributed by atoms with Crippen molar-refractivity contribution in [3.05, 3.63) is 0 Å². The summed E-state index contributed by atoms with van der Waals surface area (Å²) in [7, 11) is 0. The summed E-state index contributed by atoms with van der Waals surface area (Å²) < 4.78 is 0. The van der Waals surface area contributed by atoms with E-state index >= 15 is 0 Å². The van der Waals surface area contributed by atoms with Crippen molar-refractivity contribution in [1.29, 1.82) is 0 Å². The normalized spacial score (nSPS) is 22.3. The molecule has 0 bridgehead atoms. The predicted molar refractivity (Wildman–Crippen MR) is 78.9 cm³/mol. The smallest absolute Gasteiger partial charge is 0.222 e. The van der Waals surface area contributed by atoms with Crippen LogP contribution in [0.3, 0.4) is 0 Å². The molecule has 0 saturated carbocycles. The van der Waals surface area contributed by atoms with E-state index in [-0.39, 0.29) is 23.9 Å². The molecule has 1 amide bonds. The molecule has 0 radical (unpaired) electrons. The first-order valence-corrected chi connectivity index (χ1v) is 6.83. The fourth-order valence-corrected chi connectivity index (χ4v) is 2.31. The third-order valence-electron chi connectivity index (χ3n) is 3.64. The van der Waals surface area contributed by atoms with Gasteiger partial charge in [-0.15, -0.1) is 12.4 Å². The molecule has 1 aliphatic rings. The van der Waals surface area contributed by atoms with Crippen LogP contribution in [0.5, 0.6) is 0 Å². The van der Waals surface area contributed by atoms with E-state index in [1.807, 2.05) is 11.8 Å². The molecule has 1 aliphatic heterocycles. The Labute approximate surface area is 118 Å². The number of nitrogens with two attached hydrogens (primary N) is 1. The molecule has 2 N–H and O–H groups in total. The first kappa shape index (κ1) is 17.7. The molecule has 1 heterocycles. The first-order valence-electron chi connectivity index (χ1n) is 6.83. The highest BCUT2D eigenvalue weighted by atomic mass is 35.5. The van der Waals surface area contributed by atoms with Gasteiger partial charge in [-0.2, -0.15) is 0 Å². The maximum absolute atomic E-state index is 12.1. The Morgan fingerprint density at radius 1 is 1.44 bits per heavy atom. The zero-order chi connectivity index (χ0) is 13.1. The number of likely N-dealkylation sites (tertiary alicyclic amines) is 1. The van der Waals surface area contributed by atoms with Crippen LogP contribution in [-0.4, -0.2) is 29.9 Å². The molecule has 2 unspecified atom stereocenters. The van der Waals surface area contributed by atoms with Gasteiger partial charge in [0.1, 0.15) is 0 Å². The number of nitrogens with zero attached hydrogens (tertiary/aromatic N) is 1. The number of carbonyl (C=O) groups excluding carboxylic acids is 1. The molecule has 0 spiro atoms. The predicted octanol–water partition coefficient (Wildman–Crippen LogP) is 2.82. The monoisotopic (exact) mass is 276 g/mol. The Balaban J connectivity index is 0.00000289. The Bertz CT molecular complexity index is 261. The molecule has 1 rings (SSSR count). The van der Waals surface area contributed by atoms with Crippen LogP contribution >= 0.6 is 12.4 Å². The van der Waals surface area contributed by atoms with E-state index in [4.69, 9.17) is 5.73 Å². The molecular weight excluding hydrogens is 248 g/mol. The fourth-order valence-electron chi connectivity index (χ4n) is 2.31. The van der Waals surface area contributed by atoms with E-state index in [1.165, 1.54) is 6.42 Å². The van der Waals surface area contributed by atoms with Crippen LogP contribution in [0.25, 0.3) is 0 Å². The van der Waals surface area contributed by atoms with E-state index < -0.39 is 0 Å². The maximum atomic E-state index is 12.1. The van der Waals surface area contributed by atoms with Gasteiger partial charge >= 0.3 is 0 Å². The summed E-state index contributed by atoms with van der Waals surface area (Å²) in [5.41, 5.74) is 6.18. The van der Waals surface area contributed by atoms with Crippen molar-refractivity contribution < 1.29 is 4.79 Å². The lowest BCUT2D eigenvalue weighted by Gasteiger charge is -2.35. The minimum absolute atomic E-state index is 0. The molecule has 18 heavy (non-hydrogen) atoms. The van der Waals surface area contributed by atoms with Gasteiger partial charge in [-0.05, 0) is 37.5 Å². The van der Waals surface area contributed by atoms with Gasteiger partial charge < -0.3 is 10.6 Å². The molecule has 0 aliphatic carbocycles. The second kappa shape index (κ2) is 7.34. The molecule has 0 aromatic carbocycles. The highest BCUT2D eigenvalue weighted by Gasteiger charge is 2.26. The first-order chi connectivity index (χ1) is 7.79. The summed E-state index contributed by atoms with van der Waals surface area (Å²) in [6.07, 6.45) is 3.91. The quantitative estimate of drug-likeness (QED) is 0.862. The largest absolute Gasteiger partial charge is 0.342 e. The van der Waals surface area contributed by atoms with Gasteiger partial charge in [0, 0.05) is 25.6 Å². The van der Waals surface area contributed by atoms with E-state index in [2.05, 4.69) is 20.8 Å². The molecule has 1 saturated heterocycles. The van der Waals surface area contributed by atoms with Crippen molar-refractivity contribution in [3.63, 3.8) is 0 Å². The summed E-state index contributed by atoms with van der Waals surface area (Å²) in [6.45, 7) is 10.4. The lowest BCUT2D eigenvalue weighted by atomic mass is 9.89. The average molecular weight is 277 g/mol. The van der Waals surface area contributed by atoms with Crippen LogP contribution in [0.2, 0.25) is 0 Å². The van der Waals surface area contributed by atoms with E-state index in [1.54, 1.807) is 0 Å². The van der Waals surface area contributed by atoms with Crippen LogP contribution in [0.1, 0.15) is 53.4 Å². The van der Waals surface area contributed by atoms with Crippen LogP contribution in [-0.2, 0) is 4.79 Å². The van der Waals surface area contributed by atoms with E-state index in [0.29, 0.717) is 18.2 Å². The summed E-state index contributed by atoms with van der Waals surface area (Å²) >= 11 is 0. The third kappa shape index (κ3) is 6.05. The SMILES string of the molecule is CC(N)C1CCCN(C(=O)CCC(C)(C)C)C1.Cl. The molecule has 0 aromatic rings. The summed E-state index contributed by atoms with van der Waals surface area (Å²) in [6, 6.07) is 0.202. The zero-order valence-electron chi connectivity index (χ0n) is 12.2. The van der Waals surface area contributed by atoms with Crippen molar-refractivity contribution >= 4 is 18.3 Å². The second-order valence-electron chi connectivity index (χ2n) is 6.66. The van der Waals surface area contributed by atoms with Crippen molar-refractivity contribution in [3.8, 4) is 0 Å². The highest BCUT2D eigenvalue weighted by Crippen LogP contribution is 2.23. The van der Waals surface area contributed by atoms with Crippen LogP contribution in [0.15, 0.2) is 0 Å². The highest BCUT2D eigenvalue weighted by molar-refractivity contribution is 5.85. The lowest BCUT2D eigenvalue weighted by molar-refractivity contribution is -0.133. The van der Waals surface area contributed by atoms with Gasteiger partial charge in [-0.3, -0.25) is 4.79 Å². The molecule has 108 valence electrons. The summed E-state index contributed by atoms with van der Waals surface area (Å²) in [5.74, 6) is 0.799. The Morgan fingerprint density at radius 2 is 2.06 bits per heavy atom. The Hall–Kier alpha value is -0.280. The molecule has 4 heteroatoms. The van der Waals surface area contributed by atoms with Crippen molar-refractivity contribution in [2.75, 3.05) is 13.1 Å². The zero-order valence-corrected chi connectivity index (χ0v) is 13.1. The summed E-state index contributed by atoms with van der Waals surface area (Å²) in [5, 5.41) is 0. The number of rotatable bonds is 3. The number of hydrogen-bond acceptors (Lipinski definition) is 2. The van der Waals surface area contributed by atoms with Crippen LogP contribution < -0.4 is 5.73 Å². The van der Waals surface area contributed by atoms with Gasteiger partial charge in [0.15, 0.2) is 0 Å². The molecule has 2 atom stereocenters. The maximum Gasteiger partial charge on any atom is 0.222 e. The third-order valence-corrected chi connectivity index (χ3v) is 3.64. The van der Waals surface area contributed by atoms with Crippen LogP contribution in [0, 0.1) is 11.3 Å². The minimum atomic E-state index is 0. The van der Waals surface area contributed by atoms with Gasteiger partial charge in [0.25, 0.3) is 0 Å². The number of halogens is 1. The van der Waals surface area contributed by atoms with Crippen LogP contribution in [0.4, 0.5) is 0 Å². The topological polar surface area (TPSA) is 46.3 Å². The molecular formula is C14H29ClN2O. The van der Waals surface area contributed by atoms with E-state index in [9.17, 15) is 4.79 Å². The van der Waals surface area contributed by atoms with Gasteiger partial charge in [0.05, 0.1) is 0 Å².